The van der Waals surface area contributed by atoms with Crippen LogP contribution in [-0.4, -0.2) is 30.5 Å². The smallest absolute Gasteiger partial charge is 0.232 e. The summed E-state index contributed by atoms with van der Waals surface area (Å²) in [4.78, 5) is 21.3. The lowest BCUT2D eigenvalue weighted by atomic mass is 10.3. The molecule has 0 aliphatic carbocycles. The first-order chi connectivity index (χ1) is 13.3. The molecule has 0 radical (unpaired) electrons. The number of thiazole rings is 2. The zero-order chi connectivity index (χ0) is 19.9. The topological polar surface area (TPSA) is 102 Å². The van der Waals surface area contributed by atoms with Crippen molar-refractivity contribution in [2.45, 2.75) is 18.2 Å². The predicted molar refractivity (Wildman–Crippen MR) is 110 cm³/mol. The molecule has 1 amide bonds. The Kier molecular flexibility index (Phi) is 4.77. The van der Waals surface area contributed by atoms with Crippen molar-refractivity contribution in [2.24, 2.45) is 0 Å². The number of hydrogen-bond donors (Lipinski definition) is 1. The molecule has 3 aromatic heterocycles. The van der Waals surface area contributed by atoms with Crippen molar-refractivity contribution < 1.29 is 17.6 Å². The average Bonchev–Trinajstić information content (AvgIpc) is 3.32. The lowest BCUT2D eigenvalue weighted by Crippen LogP contribution is -2.14. The van der Waals surface area contributed by atoms with Gasteiger partial charge in [-0.05, 0) is 37.3 Å². The van der Waals surface area contributed by atoms with E-state index in [0.29, 0.717) is 26.8 Å². The molecule has 1 N–H and O–H groups in total. The van der Waals surface area contributed by atoms with Crippen molar-refractivity contribution >= 4 is 53.8 Å². The predicted octanol–water partition coefficient (Wildman–Crippen LogP) is 3.91. The lowest BCUT2D eigenvalue weighted by Gasteiger charge is -1.98. The minimum Gasteiger partial charge on any atom is -0.459 e. The van der Waals surface area contributed by atoms with Crippen molar-refractivity contribution in [3.63, 3.8) is 0 Å². The summed E-state index contributed by atoms with van der Waals surface area (Å²) in [6.45, 7) is 1.86. The highest BCUT2D eigenvalue weighted by atomic mass is 32.2. The van der Waals surface area contributed by atoms with Gasteiger partial charge in [-0.15, -0.1) is 11.3 Å². The standard InChI is InChI=1S/C18H15N3O4S3/c1-10-3-6-14(25-10)17-19-11(9-26-17)7-16(22)21-18-20-13-5-4-12(28(2,23)24)8-15(13)27-18/h3-6,8-9H,7H2,1-2H3,(H,20,21,22). The Hall–Kier alpha value is -2.56. The molecule has 0 bridgehead atoms. The van der Waals surface area contributed by atoms with E-state index < -0.39 is 9.84 Å². The first kappa shape index (κ1) is 18.8. The number of aryl methyl sites for hydroxylation is 1. The molecule has 10 heteroatoms. The molecular weight excluding hydrogens is 418 g/mol. The van der Waals surface area contributed by atoms with Gasteiger partial charge in [-0.3, -0.25) is 4.79 Å². The Morgan fingerprint density at radius 3 is 2.75 bits per heavy atom. The SMILES string of the molecule is Cc1ccc(-c2nc(CC(=O)Nc3nc4ccc(S(C)(=O)=O)cc4s3)cs2)o1. The quantitative estimate of drug-likeness (QED) is 0.512. The highest BCUT2D eigenvalue weighted by Gasteiger charge is 2.14. The van der Waals surface area contributed by atoms with Gasteiger partial charge in [-0.25, -0.2) is 18.4 Å². The van der Waals surface area contributed by atoms with Crippen LogP contribution in [0.4, 0.5) is 5.13 Å². The van der Waals surface area contributed by atoms with Gasteiger partial charge in [0.2, 0.25) is 5.91 Å². The largest absolute Gasteiger partial charge is 0.459 e. The number of carbonyl (C=O) groups excluding carboxylic acids is 1. The zero-order valence-corrected chi connectivity index (χ0v) is 17.4. The van der Waals surface area contributed by atoms with Crippen molar-refractivity contribution in [2.75, 3.05) is 11.6 Å². The van der Waals surface area contributed by atoms with Crippen LogP contribution in [0.1, 0.15) is 11.5 Å². The first-order valence-electron chi connectivity index (χ1n) is 8.20. The summed E-state index contributed by atoms with van der Waals surface area (Å²) in [5, 5.41) is 5.72. The minimum atomic E-state index is -3.29. The van der Waals surface area contributed by atoms with E-state index in [-0.39, 0.29) is 17.2 Å². The van der Waals surface area contributed by atoms with Gasteiger partial charge in [0.05, 0.1) is 27.2 Å². The summed E-state index contributed by atoms with van der Waals surface area (Å²) >= 11 is 2.65. The maximum atomic E-state index is 12.3. The van der Waals surface area contributed by atoms with E-state index in [2.05, 4.69) is 15.3 Å². The van der Waals surface area contributed by atoms with Gasteiger partial charge in [-0.1, -0.05) is 11.3 Å². The molecule has 0 unspecified atom stereocenters. The summed E-state index contributed by atoms with van der Waals surface area (Å²) in [6, 6.07) is 8.43. The zero-order valence-electron chi connectivity index (χ0n) is 14.9. The van der Waals surface area contributed by atoms with E-state index >= 15 is 0 Å². The second-order valence-electron chi connectivity index (χ2n) is 6.20. The molecule has 144 valence electrons. The van der Waals surface area contributed by atoms with E-state index in [1.54, 1.807) is 12.1 Å². The van der Waals surface area contributed by atoms with Crippen molar-refractivity contribution in [3.05, 3.63) is 47.2 Å². The van der Waals surface area contributed by atoms with Gasteiger partial charge in [0.15, 0.2) is 25.7 Å². The third kappa shape index (κ3) is 3.98. The highest BCUT2D eigenvalue weighted by molar-refractivity contribution is 7.90. The van der Waals surface area contributed by atoms with Gasteiger partial charge in [-0.2, -0.15) is 0 Å². The van der Waals surface area contributed by atoms with Crippen LogP contribution < -0.4 is 5.32 Å². The van der Waals surface area contributed by atoms with Crippen LogP contribution in [0.25, 0.3) is 21.0 Å². The average molecular weight is 434 g/mol. The van der Waals surface area contributed by atoms with Gasteiger partial charge < -0.3 is 9.73 Å². The number of nitrogens with one attached hydrogen (secondary N) is 1. The van der Waals surface area contributed by atoms with E-state index in [9.17, 15) is 13.2 Å². The molecule has 0 aliphatic heterocycles. The molecule has 3 heterocycles. The molecule has 0 saturated carbocycles. The van der Waals surface area contributed by atoms with Gasteiger partial charge in [0, 0.05) is 11.6 Å². The Morgan fingerprint density at radius 2 is 2.04 bits per heavy atom. The van der Waals surface area contributed by atoms with Crippen LogP contribution in [0.5, 0.6) is 0 Å². The second-order valence-corrected chi connectivity index (χ2v) is 10.1. The number of carbonyl (C=O) groups is 1. The fourth-order valence-electron chi connectivity index (χ4n) is 2.57. The Bertz CT molecular complexity index is 1280. The molecule has 4 aromatic rings. The molecule has 1 aromatic carbocycles. The number of nitrogens with zero attached hydrogens (tertiary/aromatic N) is 2. The third-order valence-electron chi connectivity index (χ3n) is 3.88. The van der Waals surface area contributed by atoms with E-state index in [0.717, 1.165) is 17.0 Å². The van der Waals surface area contributed by atoms with Crippen LogP contribution in [-0.2, 0) is 21.1 Å². The maximum absolute atomic E-state index is 12.3. The minimum absolute atomic E-state index is 0.112. The number of fused-ring (bicyclic) bond motifs is 1. The van der Waals surface area contributed by atoms with E-state index in [1.165, 1.54) is 28.7 Å². The van der Waals surface area contributed by atoms with Crippen LogP contribution in [0, 0.1) is 6.92 Å². The van der Waals surface area contributed by atoms with Gasteiger partial charge in [0.25, 0.3) is 0 Å². The summed E-state index contributed by atoms with van der Waals surface area (Å²) in [7, 11) is -3.29. The number of anilines is 1. The van der Waals surface area contributed by atoms with Gasteiger partial charge in [0.1, 0.15) is 5.76 Å². The van der Waals surface area contributed by atoms with E-state index in [1.807, 2.05) is 24.4 Å². The van der Waals surface area contributed by atoms with Gasteiger partial charge >= 0.3 is 0 Å². The normalized spacial score (nSPS) is 11.8. The molecule has 0 aliphatic rings. The van der Waals surface area contributed by atoms with Crippen LogP contribution >= 0.6 is 22.7 Å². The molecule has 28 heavy (non-hydrogen) atoms. The Balaban J connectivity index is 1.47. The molecular formula is C18H15N3O4S3. The number of rotatable bonds is 5. The lowest BCUT2D eigenvalue weighted by molar-refractivity contribution is -0.115. The van der Waals surface area contributed by atoms with E-state index in [4.69, 9.17) is 4.42 Å². The Morgan fingerprint density at radius 1 is 1.21 bits per heavy atom. The third-order valence-corrected chi connectivity index (χ3v) is 6.83. The molecule has 0 fully saturated rings. The van der Waals surface area contributed by atoms with Crippen LogP contribution in [0.3, 0.4) is 0 Å². The fourth-order valence-corrected chi connectivity index (χ4v) is 4.99. The summed E-state index contributed by atoms with van der Waals surface area (Å²) in [6.07, 6.45) is 1.27. The number of furan rings is 1. The van der Waals surface area contributed by atoms with Crippen molar-refractivity contribution in [3.8, 4) is 10.8 Å². The maximum Gasteiger partial charge on any atom is 0.232 e. The monoisotopic (exact) mass is 433 g/mol. The van der Waals surface area contributed by atoms with Crippen LogP contribution in [0.2, 0.25) is 0 Å². The number of amides is 1. The summed E-state index contributed by atoms with van der Waals surface area (Å²) in [5.41, 5.74) is 1.28. The number of aromatic nitrogens is 2. The summed E-state index contributed by atoms with van der Waals surface area (Å²) in [5.74, 6) is 1.25. The van der Waals surface area contributed by atoms with Crippen molar-refractivity contribution in [1.82, 2.24) is 9.97 Å². The summed E-state index contributed by atoms with van der Waals surface area (Å²) < 4.78 is 29.6. The molecule has 4 rings (SSSR count). The first-order valence-corrected chi connectivity index (χ1v) is 11.8. The second kappa shape index (κ2) is 7.12. The highest BCUT2D eigenvalue weighted by Crippen LogP contribution is 2.29. The van der Waals surface area contributed by atoms with Crippen LogP contribution in [0.15, 0.2) is 45.0 Å². The number of sulfone groups is 1. The van der Waals surface area contributed by atoms with Crippen molar-refractivity contribution in [1.29, 1.82) is 0 Å². The molecule has 0 saturated heterocycles. The number of hydrogen-bond acceptors (Lipinski definition) is 8. The molecule has 0 spiro atoms. The Labute approximate surface area is 169 Å². The molecule has 7 nitrogen and oxygen atoms in total. The fraction of sp³-hybridized carbons (Fsp3) is 0.167. The molecule has 0 atom stereocenters. The number of benzene rings is 1.